The minimum absolute atomic E-state index is 0.0654. The Kier molecular flexibility index (Phi) is 3.38. The highest BCUT2D eigenvalue weighted by molar-refractivity contribution is 6.28. The van der Waals surface area contributed by atoms with Crippen molar-refractivity contribution < 1.29 is 4.79 Å². The molecule has 0 bridgehead atoms. The van der Waals surface area contributed by atoms with Crippen LogP contribution in [0.1, 0.15) is 11.1 Å². The first kappa shape index (κ1) is 14.0. The molecule has 0 radical (unpaired) electrons. The van der Waals surface area contributed by atoms with Gasteiger partial charge < -0.3 is 15.6 Å². The number of nitrogens with one attached hydrogen (secondary N) is 3. The zero-order valence-electron chi connectivity index (χ0n) is 12.1. The average Bonchev–Trinajstić information content (AvgIpc) is 2.89. The Balaban J connectivity index is 1.66. The van der Waals surface area contributed by atoms with Crippen molar-refractivity contribution in [2.45, 2.75) is 19.0 Å². The van der Waals surface area contributed by atoms with Gasteiger partial charge in [0.1, 0.15) is 11.9 Å². The maximum absolute atomic E-state index is 12.4. The second-order valence-electron chi connectivity index (χ2n) is 5.49. The number of H-pyrrole nitrogens is 1. The Morgan fingerprint density at radius 1 is 1.30 bits per heavy atom. The van der Waals surface area contributed by atoms with Crippen molar-refractivity contribution in [2.75, 3.05) is 5.32 Å². The van der Waals surface area contributed by atoms with Crippen molar-refractivity contribution in [2.24, 2.45) is 0 Å². The van der Waals surface area contributed by atoms with Gasteiger partial charge in [0, 0.05) is 41.8 Å². The van der Waals surface area contributed by atoms with Crippen molar-refractivity contribution in [3.05, 3.63) is 53.1 Å². The minimum Gasteiger partial charge on any atom is -0.361 e. The molecule has 0 aliphatic carbocycles. The largest absolute Gasteiger partial charge is 0.361 e. The van der Waals surface area contributed by atoms with Crippen LogP contribution in [0.25, 0.3) is 10.9 Å². The third-order valence-corrected chi connectivity index (χ3v) is 4.20. The summed E-state index contributed by atoms with van der Waals surface area (Å²) in [6, 6.07) is 7.61. The molecule has 4 rings (SSSR count). The number of para-hydroxylation sites is 1. The monoisotopic (exact) mass is 327 g/mol. The molecule has 7 heteroatoms. The molecule has 1 aromatic carbocycles. The molecule has 6 nitrogen and oxygen atoms in total. The van der Waals surface area contributed by atoms with Crippen LogP contribution in [-0.2, 0) is 17.8 Å². The van der Waals surface area contributed by atoms with E-state index in [-0.39, 0.29) is 11.2 Å². The summed E-state index contributed by atoms with van der Waals surface area (Å²) in [4.78, 5) is 23.7. The van der Waals surface area contributed by atoms with Gasteiger partial charge in [-0.15, -0.1) is 0 Å². The van der Waals surface area contributed by atoms with Crippen molar-refractivity contribution in [1.29, 1.82) is 0 Å². The van der Waals surface area contributed by atoms with E-state index in [2.05, 4.69) is 25.6 Å². The van der Waals surface area contributed by atoms with E-state index in [1.165, 1.54) is 0 Å². The first-order valence-corrected chi connectivity index (χ1v) is 7.69. The van der Waals surface area contributed by atoms with Crippen LogP contribution in [0.2, 0.25) is 5.28 Å². The van der Waals surface area contributed by atoms with Crippen LogP contribution in [0.3, 0.4) is 0 Å². The van der Waals surface area contributed by atoms with Crippen molar-refractivity contribution in [1.82, 2.24) is 20.3 Å². The normalized spacial score (nSPS) is 17.3. The molecule has 2 aromatic heterocycles. The summed E-state index contributed by atoms with van der Waals surface area (Å²) in [7, 11) is 0. The Bertz CT molecular complexity index is 891. The van der Waals surface area contributed by atoms with Gasteiger partial charge in [0.2, 0.25) is 11.2 Å². The lowest BCUT2D eigenvalue weighted by molar-refractivity contribution is -0.121. The van der Waals surface area contributed by atoms with Gasteiger partial charge in [-0.1, -0.05) is 18.2 Å². The summed E-state index contributed by atoms with van der Waals surface area (Å²) in [6.07, 6.45) is 4.13. The molecule has 0 spiro atoms. The third kappa shape index (κ3) is 2.61. The Morgan fingerprint density at radius 2 is 2.17 bits per heavy atom. The van der Waals surface area contributed by atoms with Gasteiger partial charge in [-0.2, -0.15) is 0 Å². The summed E-state index contributed by atoms with van der Waals surface area (Å²) >= 11 is 5.86. The lowest BCUT2D eigenvalue weighted by Crippen LogP contribution is -2.38. The number of hydrogen-bond donors (Lipinski definition) is 3. The molecule has 1 aliphatic rings. The fraction of sp³-hybridized carbons (Fsp3) is 0.188. The van der Waals surface area contributed by atoms with Crippen LogP contribution < -0.4 is 10.6 Å². The van der Waals surface area contributed by atoms with Gasteiger partial charge in [-0.05, 0) is 23.2 Å². The van der Waals surface area contributed by atoms with E-state index in [4.69, 9.17) is 11.6 Å². The molecule has 0 fully saturated rings. The van der Waals surface area contributed by atoms with Gasteiger partial charge >= 0.3 is 0 Å². The SMILES string of the molecule is O=C1NCc2cnc(Cl)nc2NC1Cc1c[nH]c2ccccc12. The predicted octanol–water partition coefficient (Wildman–Crippen LogP) is 2.26. The van der Waals surface area contributed by atoms with Gasteiger partial charge in [0.25, 0.3) is 0 Å². The molecule has 1 unspecified atom stereocenters. The molecular formula is C16H14ClN5O. The number of amides is 1. The molecule has 0 saturated carbocycles. The summed E-state index contributed by atoms with van der Waals surface area (Å²) in [6.45, 7) is 0.392. The first-order valence-electron chi connectivity index (χ1n) is 7.31. The predicted molar refractivity (Wildman–Crippen MR) is 88.3 cm³/mol. The van der Waals surface area contributed by atoms with Crippen LogP contribution in [0, 0.1) is 0 Å². The van der Waals surface area contributed by atoms with Crippen LogP contribution >= 0.6 is 11.6 Å². The number of rotatable bonds is 2. The molecule has 23 heavy (non-hydrogen) atoms. The number of anilines is 1. The molecule has 3 N–H and O–H groups in total. The summed E-state index contributed by atoms with van der Waals surface area (Å²) in [5.41, 5.74) is 2.96. The number of nitrogens with zero attached hydrogens (tertiary/aromatic N) is 2. The standard InChI is InChI=1S/C16H14ClN5O/c17-16-20-8-10-7-19-15(23)13(21-14(10)22-16)5-9-6-18-12-4-2-1-3-11(9)12/h1-4,6,8,13,18H,5,7H2,(H,19,23)(H,20,21,22). The van der Waals surface area contributed by atoms with E-state index in [1.54, 1.807) is 6.20 Å². The number of halogens is 1. The zero-order valence-corrected chi connectivity index (χ0v) is 12.9. The Hall–Kier alpha value is -2.60. The molecular weight excluding hydrogens is 314 g/mol. The number of aromatic amines is 1. The quantitative estimate of drug-likeness (QED) is 0.631. The van der Waals surface area contributed by atoms with Crippen LogP contribution in [0.5, 0.6) is 0 Å². The number of aromatic nitrogens is 3. The fourth-order valence-corrected chi connectivity index (χ4v) is 2.97. The summed E-state index contributed by atoms with van der Waals surface area (Å²) in [5.74, 6) is 0.539. The van der Waals surface area contributed by atoms with E-state index >= 15 is 0 Å². The van der Waals surface area contributed by atoms with E-state index in [0.717, 1.165) is 22.0 Å². The maximum atomic E-state index is 12.4. The second-order valence-corrected chi connectivity index (χ2v) is 5.83. The van der Waals surface area contributed by atoms with Crippen LogP contribution in [-0.4, -0.2) is 26.9 Å². The molecule has 116 valence electrons. The van der Waals surface area contributed by atoms with Crippen molar-refractivity contribution in [3.63, 3.8) is 0 Å². The van der Waals surface area contributed by atoms with Gasteiger partial charge in [0.15, 0.2) is 0 Å². The van der Waals surface area contributed by atoms with Gasteiger partial charge in [-0.25, -0.2) is 9.97 Å². The van der Waals surface area contributed by atoms with Gasteiger partial charge in [0.05, 0.1) is 0 Å². The van der Waals surface area contributed by atoms with Gasteiger partial charge in [-0.3, -0.25) is 4.79 Å². The summed E-state index contributed by atoms with van der Waals surface area (Å²) in [5, 5.41) is 7.37. The molecule has 3 heterocycles. The third-order valence-electron chi connectivity index (χ3n) is 4.01. The number of fused-ring (bicyclic) bond motifs is 2. The van der Waals surface area contributed by atoms with Crippen molar-refractivity contribution in [3.8, 4) is 0 Å². The molecule has 0 saturated heterocycles. The smallest absolute Gasteiger partial charge is 0.243 e. The number of carbonyl (C=O) groups is 1. The number of benzene rings is 1. The maximum Gasteiger partial charge on any atom is 0.243 e. The number of carbonyl (C=O) groups excluding carboxylic acids is 1. The zero-order chi connectivity index (χ0) is 15.8. The van der Waals surface area contributed by atoms with Crippen LogP contribution in [0.4, 0.5) is 5.82 Å². The average molecular weight is 328 g/mol. The van der Waals surface area contributed by atoms with E-state index in [1.807, 2.05) is 30.5 Å². The van der Waals surface area contributed by atoms with Crippen LogP contribution in [0.15, 0.2) is 36.7 Å². The lowest BCUT2D eigenvalue weighted by atomic mass is 10.0. The topological polar surface area (TPSA) is 82.7 Å². The number of hydrogen-bond acceptors (Lipinski definition) is 4. The minimum atomic E-state index is -0.415. The Labute approximate surface area is 137 Å². The van der Waals surface area contributed by atoms with E-state index in [9.17, 15) is 4.79 Å². The van der Waals surface area contributed by atoms with E-state index < -0.39 is 6.04 Å². The first-order chi connectivity index (χ1) is 11.2. The molecule has 3 aromatic rings. The highest BCUT2D eigenvalue weighted by Crippen LogP contribution is 2.23. The van der Waals surface area contributed by atoms with E-state index in [0.29, 0.717) is 18.8 Å². The second kappa shape index (κ2) is 5.55. The molecule has 1 amide bonds. The molecule has 1 aliphatic heterocycles. The highest BCUT2D eigenvalue weighted by atomic mass is 35.5. The summed E-state index contributed by atoms with van der Waals surface area (Å²) < 4.78 is 0. The molecule has 1 atom stereocenters. The Morgan fingerprint density at radius 3 is 3.09 bits per heavy atom. The highest BCUT2D eigenvalue weighted by Gasteiger charge is 2.25. The van der Waals surface area contributed by atoms with Crippen molar-refractivity contribution >= 4 is 34.2 Å². The lowest BCUT2D eigenvalue weighted by Gasteiger charge is -2.15. The fourth-order valence-electron chi connectivity index (χ4n) is 2.84.